The molecule has 0 aliphatic rings. The van der Waals surface area contributed by atoms with Gasteiger partial charge in [0, 0.05) is 11.4 Å². The molecule has 1 N–H and O–H groups in total. The van der Waals surface area contributed by atoms with E-state index < -0.39 is 10.0 Å². The van der Waals surface area contributed by atoms with Crippen LogP contribution in [0.3, 0.4) is 0 Å². The second-order valence-corrected chi connectivity index (χ2v) is 10.1. The molecule has 0 bridgehead atoms. The molecule has 0 aromatic carbocycles. The Hall–Kier alpha value is -1.33. The van der Waals surface area contributed by atoms with Crippen LogP contribution in [0.15, 0.2) is 34.9 Å². The summed E-state index contributed by atoms with van der Waals surface area (Å²) in [5, 5.41) is 2.78. The molecule has 0 aliphatic heterocycles. The third kappa shape index (κ3) is 5.08. The third-order valence-corrected chi connectivity index (χ3v) is 7.17. The number of thioether (sulfide) groups is 1. The molecule has 0 saturated carbocycles. The molecule has 3 heterocycles. The van der Waals surface area contributed by atoms with Crippen molar-refractivity contribution < 1.29 is 13.2 Å². The quantitative estimate of drug-likeness (QED) is 0.347. The van der Waals surface area contributed by atoms with Crippen molar-refractivity contribution in [2.45, 2.75) is 11.4 Å². The molecule has 132 valence electrons. The number of nitrogens with zero attached hydrogens (tertiary/aromatic N) is 2. The van der Waals surface area contributed by atoms with Crippen LogP contribution in [-0.2, 0) is 16.4 Å². The van der Waals surface area contributed by atoms with Crippen LogP contribution in [0.25, 0.3) is 10.2 Å². The van der Waals surface area contributed by atoms with E-state index in [1.807, 2.05) is 17.5 Å². The maximum Gasteiger partial charge on any atom is 0.208 e. The van der Waals surface area contributed by atoms with Crippen molar-refractivity contribution in [2.75, 3.05) is 18.6 Å². The normalized spacial score (nSPS) is 11.9. The number of ketones is 1. The van der Waals surface area contributed by atoms with Gasteiger partial charge in [-0.15, -0.1) is 22.7 Å². The van der Waals surface area contributed by atoms with Gasteiger partial charge in [0.15, 0.2) is 5.78 Å². The van der Waals surface area contributed by atoms with Crippen LogP contribution < -0.4 is 4.72 Å². The first-order valence-corrected chi connectivity index (χ1v) is 11.9. The predicted molar refractivity (Wildman–Crippen MR) is 103 cm³/mol. The highest BCUT2D eigenvalue weighted by Gasteiger charge is 2.13. The summed E-state index contributed by atoms with van der Waals surface area (Å²) in [4.78, 5) is 22.5. The Morgan fingerprint density at radius 3 is 2.92 bits per heavy atom. The van der Waals surface area contributed by atoms with Gasteiger partial charge in [-0.1, -0.05) is 11.8 Å². The Balaban J connectivity index is 1.58. The SMILES string of the molecule is CS(=O)(=O)NCCc1ccc(C(=O)CSc2ncnc3ccsc23)s1. The maximum atomic E-state index is 12.4. The van der Waals surface area contributed by atoms with Gasteiger partial charge in [-0.3, -0.25) is 4.79 Å². The molecule has 0 fully saturated rings. The monoisotopic (exact) mass is 413 g/mol. The highest BCUT2D eigenvalue weighted by molar-refractivity contribution is 8.00. The van der Waals surface area contributed by atoms with Gasteiger partial charge < -0.3 is 0 Å². The largest absolute Gasteiger partial charge is 0.292 e. The molecule has 3 aromatic heterocycles. The van der Waals surface area contributed by atoms with Gasteiger partial charge in [-0.2, -0.15) is 0 Å². The number of carbonyl (C=O) groups is 1. The number of nitrogens with one attached hydrogen (secondary N) is 1. The van der Waals surface area contributed by atoms with Crippen molar-refractivity contribution in [1.29, 1.82) is 0 Å². The number of aromatic nitrogens is 2. The van der Waals surface area contributed by atoms with Crippen molar-refractivity contribution in [1.82, 2.24) is 14.7 Å². The van der Waals surface area contributed by atoms with Gasteiger partial charge in [0.2, 0.25) is 10.0 Å². The Bertz CT molecular complexity index is 994. The van der Waals surface area contributed by atoms with Gasteiger partial charge >= 0.3 is 0 Å². The number of Topliss-reactive ketones (excluding diaryl/α,β-unsaturated/α-hetero) is 1. The van der Waals surface area contributed by atoms with E-state index in [1.165, 1.54) is 29.4 Å². The van der Waals surface area contributed by atoms with Gasteiger partial charge in [-0.25, -0.2) is 23.1 Å². The molecule has 6 nitrogen and oxygen atoms in total. The number of rotatable bonds is 8. The topological polar surface area (TPSA) is 89.0 Å². The zero-order valence-electron chi connectivity index (χ0n) is 13.3. The summed E-state index contributed by atoms with van der Waals surface area (Å²) in [6.45, 7) is 0.332. The molecule has 0 aliphatic carbocycles. The number of hydrogen-bond acceptors (Lipinski definition) is 8. The first-order chi connectivity index (χ1) is 11.9. The van der Waals surface area contributed by atoms with Crippen LogP contribution in [0, 0.1) is 0 Å². The van der Waals surface area contributed by atoms with Gasteiger partial charge in [0.25, 0.3) is 0 Å². The van der Waals surface area contributed by atoms with Crippen molar-refractivity contribution >= 4 is 60.5 Å². The zero-order valence-corrected chi connectivity index (χ0v) is 16.5. The first kappa shape index (κ1) is 18.5. The van der Waals surface area contributed by atoms with Crippen LogP contribution in [0.1, 0.15) is 14.5 Å². The van der Waals surface area contributed by atoms with E-state index in [0.29, 0.717) is 23.6 Å². The van der Waals surface area contributed by atoms with Crippen molar-refractivity contribution in [3.05, 3.63) is 39.7 Å². The van der Waals surface area contributed by atoms with Crippen LogP contribution in [0.2, 0.25) is 0 Å². The predicted octanol–water partition coefficient (Wildman–Crippen LogP) is 2.82. The molecular weight excluding hydrogens is 398 g/mol. The Morgan fingerprint density at radius 1 is 1.28 bits per heavy atom. The number of fused-ring (bicyclic) bond motifs is 1. The van der Waals surface area contributed by atoms with Crippen molar-refractivity contribution in [3.8, 4) is 0 Å². The third-order valence-electron chi connectivity index (χ3n) is 3.22. The average molecular weight is 414 g/mol. The summed E-state index contributed by atoms with van der Waals surface area (Å²) in [5.74, 6) is 0.353. The minimum atomic E-state index is -3.18. The molecule has 0 spiro atoms. The lowest BCUT2D eigenvalue weighted by molar-refractivity contribution is 0.102. The second kappa shape index (κ2) is 7.92. The minimum Gasteiger partial charge on any atom is -0.292 e. The fourth-order valence-electron chi connectivity index (χ4n) is 2.10. The highest BCUT2D eigenvalue weighted by Crippen LogP contribution is 2.29. The van der Waals surface area contributed by atoms with E-state index in [4.69, 9.17) is 0 Å². The van der Waals surface area contributed by atoms with Crippen LogP contribution in [0.5, 0.6) is 0 Å². The molecule has 0 unspecified atom stereocenters. The maximum absolute atomic E-state index is 12.4. The summed E-state index contributed by atoms with van der Waals surface area (Å²) >= 11 is 4.38. The van der Waals surface area contributed by atoms with E-state index in [1.54, 1.807) is 17.4 Å². The number of thiophene rings is 2. The van der Waals surface area contributed by atoms with E-state index in [-0.39, 0.29) is 5.78 Å². The number of sulfonamides is 1. The lowest BCUT2D eigenvalue weighted by Crippen LogP contribution is -2.23. The van der Waals surface area contributed by atoms with Crippen LogP contribution >= 0.6 is 34.4 Å². The minimum absolute atomic E-state index is 0.0423. The van der Waals surface area contributed by atoms with Gasteiger partial charge in [-0.05, 0) is 30.0 Å². The van der Waals surface area contributed by atoms with E-state index in [0.717, 1.165) is 26.4 Å². The molecule has 0 radical (unpaired) electrons. The number of hydrogen-bond donors (Lipinski definition) is 1. The lowest BCUT2D eigenvalue weighted by Gasteiger charge is -2.01. The summed E-state index contributed by atoms with van der Waals surface area (Å²) in [5.41, 5.74) is 0.895. The van der Waals surface area contributed by atoms with Gasteiger partial charge in [0.1, 0.15) is 11.4 Å². The van der Waals surface area contributed by atoms with Crippen LogP contribution in [0.4, 0.5) is 0 Å². The molecule has 25 heavy (non-hydrogen) atoms. The van der Waals surface area contributed by atoms with Crippen molar-refractivity contribution in [2.24, 2.45) is 0 Å². The fourth-order valence-corrected chi connectivity index (χ4v) is 5.43. The van der Waals surface area contributed by atoms with Crippen LogP contribution in [-0.4, -0.2) is 42.7 Å². The Morgan fingerprint density at radius 2 is 2.12 bits per heavy atom. The standard InChI is InChI=1S/C15H15N3O3S4/c1-25(20,21)18-6-4-10-2-3-13(24-10)12(19)8-23-15-14-11(5-7-22-14)16-9-17-15/h2-3,5,7,9,18H,4,6,8H2,1H3. The Kier molecular flexibility index (Phi) is 5.85. The highest BCUT2D eigenvalue weighted by atomic mass is 32.2. The molecule has 3 aromatic rings. The molecular formula is C15H15N3O3S4. The summed E-state index contributed by atoms with van der Waals surface area (Å²) in [6, 6.07) is 5.60. The fraction of sp³-hybridized carbons (Fsp3) is 0.267. The van der Waals surface area contributed by atoms with Crippen molar-refractivity contribution in [3.63, 3.8) is 0 Å². The summed E-state index contributed by atoms with van der Waals surface area (Å²) < 4.78 is 25.6. The van der Waals surface area contributed by atoms with Gasteiger partial charge in [0.05, 0.1) is 27.1 Å². The van der Waals surface area contributed by atoms with E-state index in [9.17, 15) is 13.2 Å². The summed E-state index contributed by atoms with van der Waals surface area (Å²) in [6.07, 6.45) is 3.21. The Labute approximate surface area is 157 Å². The smallest absolute Gasteiger partial charge is 0.208 e. The van der Waals surface area contributed by atoms with E-state index >= 15 is 0 Å². The lowest BCUT2D eigenvalue weighted by atomic mass is 10.3. The second-order valence-electron chi connectivity index (χ2n) is 5.21. The molecule has 0 saturated heterocycles. The summed E-state index contributed by atoms with van der Waals surface area (Å²) in [7, 11) is -3.18. The molecule has 0 amide bonds. The molecule has 3 rings (SSSR count). The number of carbonyl (C=O) groups excluding carboxylic acids is 1. The van der Waals surface area contributed by atoms with E-state index in [2.05, 4.69) is 14.7 Å². The molecule has 0 atom stereocenters. The average Bonchev–Trinajstić information content (AvgIpc) is 3.20. The molecule has 10 heteroatoms. The first-order valence-electron chi connectivity index (χ1n) is 7.30. The zero-order chi connectivity index (χ0) is 17.9.